The first-order chi connectivity index (χ1) is 7.68. The molecule has 0 aliphatic carbocycles. The van der Waals surface area contributed by atoms with Crippen LogP contribution in [0.15, 0.2) is 35.2 Å². The molecule has 0 bridgehead atoms. The highest BCUT2D eigenvalue weighted by Crippen LogP contribution is 2.35. The van der Waals surface area contributed by atoms with Gasteiger partial charge in [0.2, 0.25) is 5.88 Å². The van der Waals surface area contributed by atoms with Gasteiger partial charge in [-0.15, -0.1) is 0 Å². The van der Waals surface area contributed by atoms with Gasteiger partial charge in [0.1, 0.15) is 6.33 Å². The molecule has 0 spiro atoms. The Balaban J connectivity index is 2.38. The van der Waals surface area contributed by atoms with E-state index in [0.717, 1.165) is 8.04 Å². The van der Waals surface area contributed by atoms with Crippen LogP contribution in [0.5, 0.6) is 11.6 Å². The average Bonchev–Trinajstić information content (AvgIpc) is 2.26. The molecular weight excluding hydrogens is 385 g/mol. The van der Waals surface area contributed by atoms with E-state index in [1.807, 2.05) is 12.1 Å². The van der Waals surface area contributed by atoms with Crippen LogP contribution in [0.2, 0.25) is 0 Å². The lowest BCUT2D eigenvalue weighted by Gasteiger charge is -2.09. The van der Waals surface area contributed by atoms with E-state index in [1.165, 1.54) is 6.33 Å². The van der Waals surface area contributed by atoms with Gasteiger partial charge < -0.3 is 10.5 Å². The standard InChI is InChI=1S/C10H7BrIN3O/c11-6-2-1-3-8(13)9(6)16-10-7(12)4-14-5-15-10/h1-5H,13H2. The van der Waals surface area contributed by atoms with E-state index in [-0.39, 0.29) is 0 Å². The SMILES string of the molecule is Nc1cccc(Br)c1Oc1ncncc1I. The van der Waals surface area contributed by atoms with Crippen LogP contribution in [0.4, 0.5) is 5.69 Å². The molecule has 0 saturated heterocycles. The van der Waals surface area contributed by atoms with Crippen molar-refractivity contribution in [3.05, 3.63) is 38.8 Å². The fourth-order valence-corrected chi connectivity index (χ4v) is 1.98. The lowest BCUT2D eigenvalue weighted by Crippen LogP contribution is -1.96. The topological polar surface area (TPSA) is 61.0 Å². The Kier molecular flexibility index (Phi) is 3.59. The molecule has 0 aliphatic rings. The van der Waals surface area contributed by atoms with Crippen LogP contribution in [0, 0.1) is 3.57 Å². The first-order valence-electron chi connectivity index (χ1n) is 4.36. The van der Waals surface area contributed by atoms with E-state index in [4.69, 9.17) is 10.5 Å². The average molecular weight is 392 g/mol. The number of nitrogens with two attached hydrogens (primary N) is 1. The largest absolute Gasteiger partial charge is 0.434 e. The zero-order chi connectivity index (χ0) is 11.5. The molecule has 0 amide bonds. The minimum Gasteiger partial charge on any atom is -0.434 e. The molecular formula is C10H7BrIN3O. The maximum Gasteiger partial charge on any atom is 0.235 e. The van der Waals surface area contributed by atoms with Crippen molar-refractivity contribution in [2.45, 2.75) is 0 Å². The number of benzene rings is 1. The highest BCUT2D eigenvalue weighted by molar-refractivity contribution is 14.1. The lowest BCUT2D eigenvalue weighted by atomic mass is 10.3. The zero-order valence-electron chi connectivity index (χ0n) is 8.02. The van der Waals surface area contributed by atoms with Crippen molar-refractivity contribution < 1.29 is 4.74 Å². The van der Waals surface area contributed by atoms with Crippen LogP contribution >= 0.6 is 38.5 Å². The third kappa shape index (κ3) is 2.43. The number of aromatic nitrogens is 2. The number of ether oxygens (including phenoxy) is 1. The van der Waals surface area contributed by atoms with Crippen molar-refractivity contribution in [2.75, 3.05) is 5.73 Å². The van der Waals surface area contributed by atoms with Crippen LogP contribution in [-0.4, -0.2) is 9.97 Å². The Morgan fingerprint density at radius 2 is 2.19 bits per heavy atom. The minimum atomic E-state index is 0.495. The van der Waals surface area contributed by atoms with Crippen molar-refractivity contribution in [1.29, 1.82) is 0 Å². The quantitative estimate of drug-likeness (QED) is 0.630. The number of rotatable bonds is 2. The van der Waals surface area contributed by atoms with Gasteiger partial charge >= 0.3 is 0 Å². The summed E-state index contributed by atoms with van der Waals surface area (Å²) < 4.78 is 7.26. The van der Waals surface area contributed by atoms with Crippen molar-refractivity contribution >= 4 is 44.2 Å². The van der Waals surface area contributed by atoms with E-state index in [2.05, 4.69) is 48.5 Å². The Morgan fingerprint density at radius 1 is 1.38 bits per heavy atom. The first kappa shape index (κ1) is 11.6. The van der Waals surface area contributed by atoms with Gasteiger partial charge in [0.15, 0.2) is 5.75 Å². The van der Waals surface area contributed by atoms with Gasteiger partial charge in [-0.05, 0) is 50.7 Å². The number of nitrogens with zero attached hydrogens (tertiary/aromatic N) is 2. The number of hydrogen-bond donors (Lipinski definition) is 1. The molecule has 16 heavy (non-hydrogen) atoms. The smallest absolute Gasteiger partial charge is 0.235 e. The molecule has 1 heterocycles. The molecule has 1 aromatic carbocycles. The first-order valence-corrected chi connectivity index (χ1v) is 6.23. The molecule has 6 heteroatoms. The summed E-state index contributed by atoms with van der Waals surface area (Å²) in [5.74, 6) is 1.06. The fraction of sp³-hybridized carbons (Fsp3) is 0. The molecule has 4 nitrogen and oxygen atoms in total. The molecule has 0 saturated carbocycles. The molecule has 1 aromatic heterocycles. The van der Waals surface area contributed by atoms with E-state index >= 15 is 0 Å². The van der Waals surface area contributed by atoms with Gasteiger partial charge in [-0.3, -0.25) is 0 Å². The number of hydrogen-bond acceptors (Lipinski definition) is 4. The third-order valence-electron chi connectivity index (χ3n) is 1.83. The minimum absolute atomic E-state index is 0.495. The van der Waals surface area contributed by atoms with Gasteiger partial charge in [-0.1, -0.05) is 6.07 Å². The highest BCUT2D eigenvalue weighted by atomic mass is 127. The van der Waals surface area contributed by atoms with E-state index < -0.39 is 0 Å². The second-order valence-electron chi connectivity index (χ2n) is 2.94. The van der Waals surface area contributed by atoms with E-state index in [1.54, 1.807) is 12.3 Å². The number of para-hydroxylation sites is 1. The van der Waals surface area contributed by atoms with Crippen LogP contribution in [0.1, 0.15) is 0 Å². The second kappa shape index (κ2) is 4.96. The molecule has 0 fully saturated rings. The van der Waals surface area contributed by atoms with Crippen LogP contribution < -0.4 is 10.5 Å². The molecule has 0 unspecified atom stereocenters. The van der Waals surface area contributed by atoms with Gasteiger partial charge in [0.05, 0.1) is 13.7 Å². The van der Waals surface area contributed by atoms with Crippen LogP contribution in [0.25, 0.3) is 0 Å². The van der Waals surface area contributed by atoms with Crippen LogP contribution in [-0.2, 0) is 0 Å². The molecule has 2 N–H and O–H groups in total. The molecule has 0 aliphatic heterocycles. The number of nitrogen functional groups attached to an aromatic ring is 1. The Morgan fingerprint density at radius 3 is 2.88 bits per heavy atom. The third-order valence-corrected chi connectivity index (χ3v) is 3.19. The van der Waals surface area contributed by atoms with Gasteiger partial charge in [-0.2, -0.15) is 0 Å². The van der Waals surface area contributed by atoms with Crippen molar-refractivity contribution in [3.63, 3.8) is 0 Å². The van der Waals surface area contributed by atoms with Crippen LogP contribution in [0.3, 0.4) is 0 Å². The maximum absolute atomic E-state index is 5.82. The Bertz CT molecular complexity index is 501. The fourth-order valence-electron chi connectivity index (χ4n) is 1.11. The van der Waals surface area contributed by atoms with E-state index in [9.17, 15) is 0 Å². The van der Waals surface area contributed by atoms with Gasteiger partial charge in [-0.25, -0.2) is 9.97 Å². The Labute approximate surface area is 115 Å². The van der Waals surface area contributed by atoms with Gasteiger partial charge in [0, 0.05) is 6.20 Å². The second-order valence-corrected chi connectivity index (χ2v) is 4.95. The molecule has 0 atom stereocenters. The van der Waals surface area contributed by atoms with E-state index in [0.29, 0.717) is 17.3 Å². The molecule has 0 radical (unpaired) electrons. The van der Waals surface area contributed by atoms with Crippen molar-refractivity contribution in [3.8, 4) is 11.6 Å². The maximum atomic E-state index is 5.82. The number of anilines is 1. The summed E-state index contributed by atoms with van der Waals surface area (Å²) in [6.07, 6.45) is 3.11. The zero-order valence-corrected chi connectivity index (χ0v) is 11.8. The predicted molar refractivity (Wildman–Crippen MR) is 73.4 cm³/mol. The lowest BCUT2D eigenvalue weighted by molar-refractivity contribution is 0.457. The normalized spacial score (nSPS) is 10.1. The summed E-state index contributed by atoms with van der Waals surface area (Å²) >= 11 is 5.48. The summed E-state index contributed by atoms with van der Waals surface area (Å²) in [6, 6.07) is 5.48. The van der Waals surface area contributed by atoms with Gasteiger partial charge in [0.25, 0.3) is 0 Å². The monoisotopic (exact) mass is 391 g/mol. The molecule has 2 aromatic rings. The Hall–Kier alpha value is -0.890. The summed E-state index contributed by atoms with van der Waals surface area (Å²) in [6.45, 7) is 0. The molecule has 2 rings (SSSR count). The summed E-state index contributed by atoms with van der Waals surface area (Å²) in [5, 5.41) is 0. The summed E-state index contributed by atoms with van der Waals surface area (Å²) in [5.41, 5.74) is 6.38. The molecule has 82 valence electrons. The van der Waals surface area contributed by atoms with Crippen molar-refractivity contribution in [1.82, 2.24) is 9.97 Å². The predicted octanol–water partition coefficient (Wildman–Crippen LogP) is 3.22. The van der Waals surface area contributed by atoms with Crippen molar-refractivity contribution in [2.24, 2.45) is 0 Å². The summed E-state index contributed by atoms with van der Waals surface area (Å²) in [4.78, 5) is 7.93. The number of halogens is 2. The summed E-state index contributed by atoms with van der Waals surface area (Å²) in [7, 11) is 0. The highest BCUT2D eigenvalue weighted by Gasteiger charge is 2.09.